The highest BCUT2D eigenvalue weighted by Crippen LogP contribution is 2.42. The van der Waals surface area contributed by atoms with Crippen molar-refractivity contribution in [2.75, 3.05) is 10.6 Å². The molecule has 12 heteroatoms. The van der Waals surface area contributed by atoms with E-state index in [0.29, 0.717) is 16.4 Å². The number of hydrogen-bond donors (Lipinski definition) is 3. The number of nitrogens with one attached hydrogen (secondary N) is 2. The number of aromatic carboxylic acids is 1. The molecule has 0 spiro atoms. The van der Waals surface area contributed by atoms with E-state index in [1.54, 1.807) is 48.5 Å². The third-order valence-corrected chi connectivity index (χ3v) is 8.85. The van der Waals surface area contributed by atoms with Crippen LogP contribution in [0.5, 0.6) is 0 Å². The van der Waals surface area contributed by atoms with Crippen molar-refractivity contribution in [1.29, 1.82) is 0 Å². The van der Waals surface area contributed by atoms with Gasteiger partial charge in [0.2, 0.25) is 5.91 Å². The lowest BCUT2D eigenvalue weighted by Gasteiger charge is -2.18. The number of anilines is 2. The summed E-state index contributed by atoms with van der Waals surface area (Å²) in [5, 5.41) is 13.8. The predicted octanol–water partition coefficient (Wildman–Crippen LogP) is 9.38. The van der Waals surface area contributed by atoms with Crippen molar-refractivity contribution in [3.05, 3.63) is 121 Å². The Hall–Kier alpha value is -2.91. The Bertz CT molecular complexity index is 1580. The first-order chi connectivity index (χ1) is 19.1. The minimum absolute atomic E-state index is 0.233. The van der Waals surface area contributed by atoms with E-state index in [0.717, 1.165) is 10.5 Å². The summed E-state index contributed by atoms with van der Waals surface area (Å²) < 4.78 is 0. The SMILES string of the molecule is O=C(O)c1c(Cl)c(Cl)c(Cl)c(Cl)c1C(=O)Nc1ccc(SC(C(=O)Nc2ccc(Cl)cc2)c2ccccc2)cc1. The first kappa shape index (κ1) is 30.1. The quantitative estimate of drug-likeness (QED) is 0.1000. The van der Waals surface area contributed by atoms with Crippen LogP contribution in [-0.4, -0.2) is 22.9 Å². The van der Waals surface area contributed by atoms with Crippen molar-refractivity contribution >= 4 is 98.9 Å². The summed E-state index contributed by atoms with van der Waals surface area (Å²) in [7, 11) is 0. The van der Waals surface area contributed by atoms with E-state index in [1.165, 1.54) is 11.8 Å². The van der Waals surface area contributed by atoms with Crippen LogP contribution >= 0.6 is 69.8 Å². The molecule has 4 aromatic rings. The Morgan fingerprint density at radius 1 is 0.650 bits per heavy atom. The zero-order valence-corrected chi connectivity index (χ0v) is 24.6. The first-order valence-electron chi connectivity index (χ1n) is 11.4. The molecule has 0 saturated carbocycles. The van der Waals surface area contributed by atoms with Crippen LogP contribution < -0.4 is 10.6 Å². The standard InChI is InChI=1S/C28H17Cl5N2O4S/c29-15-6-8-16(9-7-15)35-27(37)25(14-4-2-1-3-5-14)40-18-12-10-17(11-13-18)34-26(36)19-20(28(38)39)22(31)24(33)23(32)21(19)30/h1-13,25H,(H,34,36)(H,35,37)(H,38,39). The van der Waals surface area contributed by atoms with Gasteiger partial charge in [-0.1, -0.05) is 88.3 Å². The summed E-state index contributed by atoms with van der Waals surface area (Å²) in [5.74, 6) is -2.57. The number of hydrogen-bond acceptors (Lipinski definition) is 4. The van der Waals surface area contributed by atoms with Gasteiger partial charge in [-0.25, -0.2) is 4.79 Å². The van der Waals surface area contributed by atoms with E-state index in [4.69, 9.17) is 58.0 Å². The largest absolute Gasteiger partial charge is 0.478 e. The van der Waals surface area contributed by atoms with Gasteiger partial charge in [0.05, 0.1) is 31.2 Å². The highest BCUT2D eigenvalue weighted by molar-refractivity contribution is 8.00. The molecular weight excluding hydrogens is 638 g/mol. The fourth-order valence-corrected chi connectivity index (χ4v) is 5.80. The van der Waals surface area contributed by atoms with Gasteiger partial charge in [0.15, 0.2) is 0 Å². The van der Waals surface area contributed by atoms with Gasteiger partial charge in [-0.15, -0.1) is 11.8 Å². The molecule has 0 aliphatic heterocycles. The molecule has 2 amide bonds. The van der Waals surface area contributed by atoms with Gasteiger partial charge < -0.3 is 15.7 Å². The van der Waals surface area contributed by atoms with Crippen molar-refractivity contribution in [3.8, 4) is 0 Å². The third-order valence-electron chi connectivity index (χ3n) is 5.53. The smallest absolute Gasteiger partial charge is 0.338 e. The molecular formula is C28H17Cl5N2O4S. The molecule has 0 radical (unpaired) electrons. The molecule has 0 aromatic heterocycles. The Kier molecular flexibility index (Phi) is 9.90. The van der Waals surface area contributed by atoms with E-state index in [-0.39, 0.29) is 21.0 Å². The zero-order valence-electron chi connectivity index (χ0n) is 20.1. The average molecular weight is 655 g/mol. The normalized spacial score (nSPS) is 11.5. The molecule has 0 heterocycles. The topological polar surface area (TPSA) is 95.5 Å². The number of carbonyl (C=O) groups excluding carboxylic acids is 2. The summed E-state index contributed by atoms with van der Waals surface area (Å²) in [6.07, 6.45) is 0. The van der Waals surface area contributed by atoms with Gasteiger partial charge >= 0.3 is 5.97 Å². The predicted molar refractivity (Wildman–Crippen MR) is 163 cm³/mol. The van der Waals surface area contributed by atoms with Crippen LogP contribution in [0.25, 0.3) is 0 Å². The van der Waals surface area contributed by atoms with E-state index in [2.05, 4.69) is 10.6 Å². The number of thioether (sulfide) groups is 1. The number of halogens is 5. The lowest BCUT2D eigenvalue weighted by Crippen LogP contribution is -2.19. The highest BCUT2D eigenvalue weighted by Gasteiger charge is 2.29. The van der Waals surface area contributed by atoms with Gasteiger partial charge in [-0.05, 0) is 54.1 Å². The Labute approximate surface area is 258 Å². The van der Waals surface area contributed by atoms with Crippen molar-refractivity contribution in [2.24, 2.45) is 0 Å². The molecule has 1 atom stereocenters. The second-order valence-corrected chi connectivity index (χ2v) is 11.3. The van der Waals surface area contributed by atoms with Crippen LogP contribution in [0, 0.1) is 0 Å². The maximum atomic E-state index is 13.3. The molecule has 0 saturated heterocycles. The van der Waals surface area contributed by atoms with Crippen LogP contribution in [0.4, 0.5) is 11.4 Å². The second kappa shape index (κ2) is 13.2. The maximum absolute atomic E-state index is 13.3. The van der Waals surface area contributed by atoms with Crippen LogP contribution in [-0.2, 0) is 4.79 Å². The van der Waals surface area contributed by atoms with Gasteiger partial charge in [0, 0.05) is 21.3 Å². The highest BCUT2D eigenvalue weighted by atomic mass is 35.5. The van der Waals surface area contributed by atoms with Crippen LogP contribution in [0.15, 0.2) is 83.8 Å². The van der Waals surface area contributed by atoms with Gasteiger partial charge in [-0.2, -0.15) is 0 Å². The van der Waals surface area contributed by atoms with Crippen molar-refractivity contribution in [1.82, 2.24) is 0 Å². The number of carboxylic acid groups (broad SMARTS) is 1. The molecule has 0 aliphatic carbocycles. The van der Waals surface area contributed by atoms with Crippen LogP contribution in [0.2, 0.25) is 25.1 Å². The van der Waals surface area contributed by atoms with Crippen LogP contribution in [0.1, 0.15) is 31.5 Å². The minimum atomic E-state index is -1.49. The van der Waals surface area contributed by atoms with Crippen molar-refractivity contribution in [3.63, 3.8) is 0 Å². The monoisotopic (exact) mass is 652 g/mol. The molecule has 0 bridgehead atoms. The molecule has 3 N–H and O–H groups in total. The van der Waals surface area contributed by atoms with E-state index < -0.39 is 33.3 Å². The first-order valence-corrected chi connectivity index (χ1v) is 14.1. The van der Waals surface area contributed by atoms with E-state index >= 15 is 0 Å². The van der Waals surface area contributed by atoms with Crippen molar-refractivity contribution < 1.29 is 19.5 Å². The number of benzene rings is 4. The molecule has 6 nitrogen and oxygen atoms in total. The fourth-order valence-electron chi connectivity index (χ4n) is 3.63. The van der Waals surface area contributed by atoms with Gasteiger partial charge in [0.25, 0.3) is 5.91 Å². The molecule has 1 unspecified atom stereocenters. The summed E-state index contributed by atoms with van der Waals surface area (Å²) >= 11 is 31.5. The molecule has 4 rings (SSSR count). The second-order valence-electron chi connectivity index (χ2n) is 8.19. The van der Waals surface area contributed by atoms with Gasteiger partial charge in [-0.3, -0.25) is 9.59 Å². The summed E-state index contributed by atoms with van der Waals surface area (Å²) in [5.41, 5.74) is 0.753. The Balaban J connectivity index is 1.55. The molecule has 40 heavy (non-hydrogen) atoms. The Morgan fingerprint density at radius 3 is 1.75 bits per heavy atom. The summed E-state index contributed by atoms with van der Waals surface area (Å²) in [6.45, 7) is 0. The lowest BCUT2D eigenvalue weighted by atomic mass is 10.1. The number of carboxylic acids is 1. The van der Waals surface area contributed by atoms with E-state index in [1.807, 2.05) is 30.3 Å². The number of rotatable bonds is 8. The maximum Gasteiger partial charge on any atom is 0.338 e. The number of carbonyl (C=O) groups is 3. The molecule has 0 fully saturated rings. The van der Waals surface area contributed by atoms with Crippen molar-refractivity contribution in [2.45, 2.75) is 10.1 Å². The lowest BCUT2D eigenvalue weighted by molar-refractivity contribution is -0.115. The molecule has 0 aliphatic rings. The summed E-state index contributed by atoms with van der Waals surface area (Å²) in [4.78, 5) is 38.8. The zero-order chi connectivity index (χ0) is 29.0. The average Bonchev–Trinajstić information content (AvgIpc) is 2.94. The van der Waals surface area contributed by atoms with Gasteiger partial charge in [0.1, 0.15) is 5.25 Å². The summed E-state index contributed by atoms with van der Waals surface area (Å²) in [6, 6.07) is 22.7. The number of amides is 2. The van der Waals surface area contributed by atoms with Crippen LogP contribution in [0.3, 0.4) is 0 Å². The third kappa shape index (κ3) is 6.86. The molecule has 204 valence electrons. The fraction of sp³-hybridized carbons (Fsp3) is 0.0357. The van der Waals surface area contributed by atoms with E-state index in [9.17, 15) is 19.5 Å². The molecule has 4 aromatic carbocycles. The Morgan fingerprint density at radius 2 is 1.18 bits per heavy atom. The minimum Gasteiger partial charge on any atom is -0.478 e.